The Morgan fingerprint density at radius 1 is 1.47 bits per heavy atom. The van der Waals surface area contributed by atoms with E-state index in [1.165, 1.54) is 11.3 Å². The maximum atomic E-state index is 12.2. The molecule has 0 fully saturated rings. The average molecular weight is 306 g/mol. The minimum Gasteiger partial charge on any atom is -0.375 e. The van der Waals surface area contributed by atoms with Crippen LogP contribution in [0.1, 0.15) is 31.2 Å². The molecule has 1 rings (SSSR count). The van der Waals surface area contributed by atoms with E-state index in [2.05, 4.69) is 4.72 Å². The lowest BCUT2D eigenvalue weighted by atomic mass is 10.1. The number of nitrogens with one attached hydrogen (secondary N) is 1. The quantitative estimate of drug-likeness (QED) is 0.802. The van der Waals surface area contributed by atoms with Crippen molar-refractivity contribution in [3.05, 3.63) is 16.5 Å². The molecule has 0 radical (unpaired) electrons. The fourth-order valence-corrected chi connectivity index (χ4v) is 4.32. The van der Waals surface area contributed by atoms with Gasteiger partial charge in [0, 0.05) is 24.6 Å². The third-order valence-electron chi connectivity index (χ3n) is 2.67. The Balaban J connectivity index is 2.81. The SMILES string of the molecule is CCOC(C)(C)CNS(=O)(=O)c1cc(C)c(CN)s1. The second kappa shape index (κ2) is 6.32. The molecule has 110 valence electrons. The van der Waals surface area contributed by atoms with E-state index < -0.39 is 15.6 Å². The lowest BCUT2D eigenvalue weighted by Crippen LogP contribution is -2.40. The highest BCUT2D eigenvalue weighted by Crippen LogP contribution is 2.25. The van der Waals surface area contributed by atoms with Gasteiger partial charge in [-0.05, 0) is 39.3 Å². The van der Waals surface area contributed by atoms with Crippen LogP contribution in [0.3, 0.4) is 0 Å². The molecule has 0 aliphatic carbocycles. The van der Waals surface area contributed by atoms with E-state index in [-0.39, 0.29) is 6.54 Å². The van der Waals surface area contributed by atoms with Crippen molar-refractivity contribution in [2.75, 3.05) is 13.2 Å². The fourth-order valence-electron chi connectivity index (χ4n) is 1.61. The molecule has 7 heteroatoms. The highest BCUT2D eigenvalue weighted by Gasteiger charge is 2.24. The molecule has 19 heavy (non-hydrogen) atoms. The van der Waals surface area contributed by atoms with E-state index in [0.717, 1.165) is 10.4 Å². The molecule has 0 saturated heterocycles. The monoisotopic (exact) mass is 306 g/mol. The summed E-state index contributed by atoms with van der Waals surface area (Å²) in [5.41, 5.74) is 5.96. The van der Waals surface area contributed by atoms with Gasteiger partial charge in [0.2, 0.25) is 10.0 Å². The second-order valence-corrected chi connectivity index (χ2v) is 8.02. The standard InChI is InChI=1S/C12H22N2O3S2/c1-5-17-12(3,4)8-14-19(15,16)11-6-9(2)10(7-13)18-11/h6,14H,5,7-8,13H2,1-4H3. The fraction of sp³-hybridized carbons (Fsp3) is 0.667. The van der Waals surface area contributed by atoms with E-state index >= 15 is 0 Å². The van der Waals surface area contributed by atoms with Gasteiger partial charge in [-0.3, -0.25) is 0 Å². The number of rotatable bonds is 7. The summed E-state index contributed by atoms with van der Waals surface area (Å²) in [5, 5.41) is 0. The molecule has 0 saturated carbocycles. The van der Waals surface area contributed by atoms with Gasteiger partial charge in [-0.15, -0.1) is 11.3 Å². The molecule has 5 nitrogen and oxygen atoms in total. The van der Waals surface area contributed by atoms with Crippen LogP contribution in [-0.2, 0) is 21.3 Å². The van der Waals surface area contributed by atoms with Crippen LogP contribution < -0.4 is 10.5 Å². The summed E-state index contributed by atoms with van der Waals surface area (Å²) in [4.78, 5) is 0.893. The van der Waals surface area contributed by atoms with Gasteiger partial charge in [0.15, 0.2) is 0 Å². The van der Waals surface area contributed by atoms with Crippen LogP contribution in [0.5, 0.6) is 0 Å². The number of ether oxygens (including phenoxy) is 1. The van der Waals surface area contributed by atoms with E-state index in [1.54, 1.807) is 6.07 Å². The third-order valence-corrected chi connectivity index (χ3v) is 5.81. The highest BCUT2D eigenvalue weighted by atomic mass is 32.2. The lowest BCUT2D eigenvalue weighted by Gasteiger charge is -2.24. The predicted molar refractivity (Wildman–Crippen MR) is 77.8 cm³/mol. The first-order valence-corrected chi connectivity index (χ1v) is 8.45. The first-order valence-electron chi connectivity index (χ1n) is 6.15. The predicted octanol–water partition coefficient (Wildman–Crippen LogP) is 1.61. The van der Waals surface area contributed by atoms with Crippen molar-refractivity contribution in [2.45, 2.75) is 44.0 Å². The average Bonchev–Trinajstić information content (AvgIpc) is 2.69. The Morgan fingerprint density at radius 3 is 2.58 bits per heavy atom. The maximum Gasteiger partial charge on any atom is 0.250 e. The minimum absolute atomic E-state index is 0.234. The van der Waals surface area contributed by atoms with Gasteiger partial charge in [0.05, 0.1) is 5.60 Å². The zero-order valence-corrected chi connectivity index (χ0v) is 13.5. The summed E-state index contributed by atoms with van der Waals surface area (Å²) in [7, 11) is -3.49. The van der Waals surface area contributed by atoms with Gasteiger partial charge in [-0.2, -0.15) is 0 Å². The van der Waals surface area contributed by atoms with Crippen LogP contribution >= 0.6 is 11.3 Å². The van der Waals surface area contributed by atoms with Crippen molar-refractivity contribution >= 4 is 21.4 Å². The summed E-state index contributed by atoms with van der Waals surface area (Å²) < 4.78 is 32.7. The molecular formula is C12H22N2O3S2. The zero-order chi connectivity index (χ0) is 14.7. The maximum absolute atomic E-state index is 12.2. The molecule has 3 N–H and O–H groups in total. The summed E-state index contributed by atoms with van der Waals surface area (Å²) in [6.45, 7) is 8.58. The number of thiophene rings is 1. The Labute approximate surface area is 119 Å². The molecule has 0 aromatic carbocycles. The number of aryl methyl sites for hydroxylation is 1. The molecule has 0 aliphatic heterocycles. The zero-order valence-electron chi connectivity index (χ0n) is 11.8. The largest absolute Gasteiger partial charge is 0.375 e. The summed E-state index contributed by atoms with van der Waals surface area (Å²) >= 11 is 1.21. The normalized spacial score (nSPS) is 12.9. The van der Waals surface area contributed by atoms with Gasteiger partial charge in [-0.1, -0.05) is 0 Å². The van der Waals surface area contributed by atoms with E-state index in [4.69, 9.17) is 10.5 Å². The molecule has 0 unspecified atom stereocenters. The van der Waals surface area contributed by atoms with Crippen molar-refractivity contribution in [1.82, 2.24) is 4.72 Å². The topological polar surface area (TPSA) is 81.4 Å². The lowest BCUT2D eigenvalue weighted by molar-refractivity contribution is -0.00514. The smallest absolute Gasteiger partial charge is 0.250 e. The van der Waals surface area contributed by atoms with Crippen molar-refractivity contribution in [3.8, 4) is 0 Å². The molecule has 1 aromatic rings. The summed E-state index contributed by atoms with van der Waals surface area (Å²) in [6, 6.07) is 1.66. The minimum atomic E-state index is -3.49. The van der Waals surface area contributed by atoms with Crippen molar-refractivity contribution in [2.24, 2.45) is 5.73 Å². The summed E-state index contributed by atoms with van der Waals surface area (Å²) in [6.07, 6.45) is 0. The Bertz CT molecular complexity index is 521. The molecule has 0 spiro atoms. The number of hydrogen-bond acceptors (Lipinski definition) is 5. The van der Waals surface area contributed by atoms with Gasteiger partial charge in [0.25, 0.3) is 0 Å². The van der Waals surface area contributed by atoms with Crippen molar-refractivity contribution < 1.29 is 13.2 Å². The molecule has 0 bridgehead atoms. The van der Waals surface area contributed by atoms with Crippen LogP contribution in [0.15, 0.2) is 10.3 Å². The van der Waals surface area contributed by atoms with Crippen LogP contribution in [0.2, 0.25) is 0 Å². The molecular weight excluding hydrogens is 284 g/mol. The van der Waals surface area contributed by atoms with Crippen molar-refractivity contribution in [3.63, 3.8) is 0 Å². The van der Waals surface area contributed by atoms with Crippen LogP contribution in [0, 0.1) is 6.92 Å². The van der Waals surface area contributed by atoms with E-state index in [1.807, 2.05) is 27.7 Å². The first kappa shape index (κ1) is 16.6. The molecule has 1 heterocycles. The number of nitrogens with two attached hydrogens (primary N) is 1. The molecule has 1 aromatic heterocycles. The van der Waals surface area contributed by atoms with Crippen LogP contribution in [0.4, 0.5) is 0 Å². The van der Waals surface area contributed by atoms with Gasteiger partial charge in [0.1, 0.15) is 4.21 Å². The summed E-state index contributed by atoms with van der Waals surface area (Å²) in [5.74, 6) is 0. The highest BCUT2D eigenvalue weighted by molar-refractivity contribution is 7.91. The van der Waals surface area contributed by atoms with Crippen LogP contribution in [-0.4, -0.2) is 27.2 Å². The van der Waals surface area contributed by atoms with E-state index in [9.17, 15) is 8.42 Å². The number of hydrogen-bond donors (Lipinski definition) is 2. The van der Waals surface area contributed by atoms with Gasteiger partial charge < -0.3 is 10.5 Å². The van der Waals surface area contributed by atoms with E-state index in [0.29, 0.717) is 17.4 Å². The Kier molecular flexibility index (Phi) is 5.52. The Hall–Kier alpha value is -0.470. The first-order chi connectivity index (χ1) is 8.72. The van der Waals surface area contributed by atoms with Gasteiger partial charge in [-0.25, -0.2) is 13.1 Å². The third kappa shape index (κ3) is 4.54. The van der Waals surface area contributed by atoms with Crippen molar-refractivity contribution in [1.29, 1.82) is 0 Å². The van der Waals surface area contributed by atoms with Crippen LogP contribution in [0.25, 0.3) is 0 Å². The van der Waals surface area contributed by atoms with Gasteiger partial charge >= 0.3 is 0 Å². The molecule has 0 amide bonds. The molecule has 0 atom stereocenters. The Morgan fingerprint density at radius 2 is 2.11 bits per heavy atom. The molecule has 0 aliphatic rings. The second-order valence-electron chi connectivity index (χ2n) is 4.89. The number of sulfonamides is 1.